The molecule has 25 heavy (non-hydrogen) atoms. The molecule has 3 N–H and O–H groups in total. The standard InChI is InChI=1S/C18H24ClN3O3/c1-11(20-18(24)25)17(23)21-14-8-15-6-7-16(9-14)22(15)10-12-2-4-13(19)5-3-12/h2-5,11,14-16,20H,6-10H2,1H3,(H,21,23)(H,24,25)/t11-,14?,15-,16+/m0/s1. The Kier molecular flexibility index (Phi) is 5.49. The molecule has 136 valence electrons. The third-order valence-electron chi connectivity index (χ3n) is 5.24. The van der Waals surface area contributed by atoms with Crippen molar-refractivity contribution in [3.8, 4) is 0 Å². The van der Waals surface area contributed by atoms with Gasteiger partial charge in [-0.05, 0) is 50.3 Å². The van der Waals surface area contributed by atoms with E-state index < -0.39 is 12.1 Å². The fourth-order valence-corrected chi connectivity index (χ4v) is 4.15. The van der Waals surface area contributed by atoms with Crippen molar-refractivity contribution in [3.63, 3.8) is 0 Å². The Morgan fingerprint density at radius 3 is 2.40 bits per heavy atom. The van der Waals surface area contributed by atoms with Crippen molar-refractivity contribution in [2.45, 2.75) is 63.3 Å². The number of carboxylic acid groups (broad SMARTS) is 1. The average Bonchev–Trinajstić information content (AvgIpc) is 2.78. The van der Waals surface area contributed by atoms with Gasteiger partial charge < -0.3 is 15.7 Å². The summed E-state index contributed by atoms with van der Waals surface area (Å²) in [6, 6.07) is 8.27. The number of piperidine rings is 1. The van der Waals surface area contributed by atoms with Crippen molar-refractivity contribution in [1.82, 2.24) is 15.5 Å². The Morgan fingerprint density at radius 2 is 1.84 bits per heavy atom. The number of carbonyl (C=O) groups is 2. The van der Waals surface area contributed by atoms with E-state index in [9.17, 15) is 9.59 Å². The summed E-state index contributed by atoms with van der Waals surface area (Å²) in [5.41, 5.74) is 1.25. The van der Waals surface area contributed by atoms with Crippen molar-refractivity contribution in [2.75, 3.05) is 0 Å². The van der Waals surface area contributed by atoms with Crippen LogP contribution < -0.4 is 10.6 Å². The van der Waals surface area contributed by atoms with Gasteiger partial charge >= 0.3 is 6.09 Å². The first kappa shape index (κ1) is 18.0. The first-order valence-electron chi connectivity index (χ1n) is 8.72. The van der Waals surface area contributed by atoms with E-state index in [4.69, 9.17) is 16.7 Å². The summed E-state index contributed by atoms with van der Waals surface area (Å²) >= 11 is 5.95. The molecule has 0 spiro atoms. The molecule has 1 aromatic rings. The second kappa shape index (κ2) is 7.62. The highest BCUT2D eigenvalue weighted by Gasteiger charge is 2.41. The molecule has 2 fully saturated rings. The van der Waals surface area contributed by atoms with E-state index in [2.05, 4.69) is 27.7 Å². The third-order valence-corrected chi connectivity index (χ3v) is 5.49. The van der Waals surface area contributed by atoms with E-state index >= 15 is 0 Å². The summed E-state index contributed by atoms with van der Waals surface area (Å²) in [4.78, 5) is 25.3. The van der Waals surface area contributed by atoms with E-state index in [0.717, 1.165) is 37.3 Å². The van der Waals surface area contributed by atoms with E-state index in [1.807, 2.05) is 12.1 Å². The largest absolute Gasteiger partial charge is 0.465 e. The minimum Gasteiger partial charge on any atom is -0.465 e. The van der Waals surface area contributed by atoms with Crippen molar-refractivity contribution in [2.24, 2.45) is 0 Å². The maximum Gasteiger partial charge on any atom is 0.405 e. The summed E-state index contributed by atoms with van der Waals surface area (Å²) in [6.07, 6.45) is 2.94. The average molecular weight is 366 g/mol. The number of benzene rings is 1. The van der Waals surface area contributed by atoms with Crippen molar-refractivity contribution >= 4 is 23.6 Å². The number of rotatable bonds is 5. The Labute approximate surface area is 152 Å². The molecule has 0 aliphatic carbocycles. The van der Waals surface area contributed by atoms with Gasteiger partial charge in [-0.2, -0.15) is 0 Å². The van der Waals surface area contributed by atoms with E-state index in [1.54, 1.807) is 6.92 Å². The van der Waals surface area contributed by atoms with E-state index in [1.165, 1.54) is 5.56 Å². The molecular formula is C18H24ClN3O3. The number of fused-ring (bicyclic) bond motifs is 2. The van der Waals surface area contributed by atoms with E-state index in [-0.39, 0.29) is 11.9 Å². The van der Waals surface area contributed by atoms with Gasteiger partial charge in [0.05, 0.1) is 0 Å². The molecular weight excluding hydrogens is 342 g/mol. The smallest absolute Gasteiger partial charge is 0.405 e. The van der Waals surface area contributed by atoms with Gasteiger partial charge in [0.25, 0.3) is 0 Å². The van der Waals surface area contributed by atoms with Gasteiger partial charge in [0.1, 0.15) is 6.04 Å². The number of hydrogen-bond donors (Lipinski definition) is 3. The fraction of sp³-hybridized carbons (Fsp3) is 0.556. The monoisotopic (exact) mass is 365 g/mol. The maximum atomic E-state index is 12.1. The van der Waals surface area contributed by atoms with Crippen LogP contribution in [0.1, 0.15) is 38.2 Å². The summed E-state index contributed by atoms with van der Waals surface area (Å²) < 4.78 is 0. The lowest BCUT2D eigenvalue weighted by Gasteiger charge is -2.39. The number of nitrogens with one attached hydrogen (secondary N) is 2. The molecule has 2 heterocycles. The van der Waals surface area contributed by atoms with Crippen molar-refractivity contribution < 1.29 is 14.7 Å². The van der Waals surface area contributed by atoms with E-state index in [0.29, 0.717) is 12.1 Å². The van der Waals surface area contributed by atoms with Gasteiger partial charge in [-0.25, -0.2) is 4.79 Å². The van der Waals surface area contributed by atoms with Crippen LogP contribution in [0.25, 0.3) is 0 Å². The predicted molar refractivity (Wildman–Crippen MR) is 95.6 cm³/mol. The SMILES string of the molecule is C[C@H](NC(=O)O)C(=O)NC1C[C@H]2CC[C@@H](C1)N2Cc1ccc(Cl)cc1. The number of carbonyl (C=O) groups excluding carboxylic acids is 1. The highest BCUT2D eigenvalue weighted by Crippen LogP contribution is 2.37. The highest BCUT2D eigenvalue weighted by molar-refractivity contribution is 6.30. The summed E-state index contributed by atoms with van der Waals surface area (Å²) in [5.74, 6) is -0.252. The first-order chi connectivity index (χ1) is 11.9. The molecule has 1 aromatic carbocycles. The van der Waals surface area contributed by atoms with Crippen LogP contribution in [0.3, 0.4) is 0 Å². The normalized spacial score (nSPS) is 26.9. The molecule has 2 saturated heterocycles. The van der Waals surface area contributed by atoms with Crippen molar-refractivity contribution in [1.29, 1.82) is 0 Å². The van der Waals surface area contributed by atoms with Crippen LogP contribution in [-0.2, 0) is 11.3 Å². The lowest BCUT2D eigenvalue weighted by molar-refractivity contribution is -0.123. The van der Waals surface area contributed by atoms with Crippen LogP contribution in [0.15, 0.2) is 24.3 Å². The summed E-state index contributed by atoms with van der Waals surface area (Å²) in [5, 5.41) is 14.7. The Morgan fingerprint density at radius 1 is 1.24 bits per heavy atom. The molecule has 4 atom stereocenters. The highest BCUT2D eigenvalue weighted by atomic mass is 35.5. The zero-order valence-electron chi connectivity index (χ0n) is 14.2. The molecule has 6 nitrogen and oxygen atoms in total. The van der Waals surface area contributed by atoms with Crippen LogP contribution in [0, 0.1) is 0 Å². The summed E-state index contributed by atoms with van der Waals surface area (Å²) in [7, 11) is 0. The lowest BCUT2D eigenvalue weighted by Crippen LogP contribution is -2.53. The predicted octanol–water partition coefficient (Wildman–Crippen LogP) is 2.61. The Balaban J connectivity index is 1.55. The number of amides is 2. The van der Waals surface area contributed by atoms with Gasteiger partial charge in [0.2, 0.25) is 5.91 Å². The lowest BCUT2D eigenvalue weighted by atomic mass is 9.96. The third kappa shape index (κ3) is 4.44. The van der Waals surface area contributed by atoms with Crippen LogP contribution in [0.2, 0.25) is 5.02 Å². The minimum atomic E-state index is -1.18. The van der Waals surface area contributed by atoms with Gasteiger partial charge in [-0.1, -0.05) is 23.7 Å². The van der Waals surface area contributed by atoms with Gasteiger partial charge in [-0.3, -0.25) is 9.69 Å². The zero-order valence-corrected chi connectivity index (χ0v) is 15.0. The van der Waals surface area contributed by atoms with Crippen molar-refractivity contribution in [3.05, 3.63) is 34.9 Å². The topological polar surface area (TPSA) is 81.7 Å². The molecule has 1 unspecified atom stereocenters. The molecule has 0 radical (unpaired) electrons. The van der Waals surface area contributed by atoms with Crippen LogP contribution in [0.5, 0.6) is 0 Å². The first-order valence-corrected chi connectivity index (χ1v) is 9.10. The Bertz CT molecular complexity index is 623. The molecule has 3 rings (SSSR count). The second-order valence-electron chi connectivity index (χ2n) is 7.03. The molecule has 0 saturated carbocycles. The van der Waals surface area contributed by atoms with Gasteiger partial charge in [0.15, 0.2) is 0 Å². The minimum absolute atomic E-state index is 0.115. The summed E-state index contributed by atoms with van der Waals surface area (Å²) in [6.45, 7) is 2.47. The van der Waals surface area contributed by atoms with Crippen LogP contribution in [-0.4, -0.2) is 46.2 Å². The maximum absolute atomic E-state index is 12.1. The second-order valence-corrected chi connectivity index (χ2v) is 7.47. The van der Waals surface area contributed by atoms with Crippen LogP contribution >= 0.6 is 11.6 Å². The molecule has 2 amide bonds. The molecule has 2 aliphatic heterocycles. The number of nitrogens with zero attached hydrogens (tertiary/aromatic N) is 1. The van der Waals surface area contributed by atoms with Gasteiger partial charge in [0, 0.05) is 29.7 Å². The zero-order chi connectivity index (χ0) is 18.0. The fourth-order valence-electron chi connectivity index (χ4n) is 4.03. The Hall–Kier alpha value is -1.79. The van der Waals surface area contributed by atoms with Gasteiger partial charge in [-0.15, -0.1) is 0 Å². The molecule has 2 bridgehead atoms. The molecule has 0 aromatic heterocycles. The number of hydrogen-bond acceptors (Lipinski definition) is 3. The van der Waals surface area contributed by atoms with Crippen LogP contribution in [0.4, 0.5) is 4.79 Å². The molecule has 7 heteroatoms. The quantitative estimate of drug-likeness (QED) is 0.749. The number of halogens is 1. The molecule has 2 aliphatic rings.